The molecule has 0 heterocycles. The molecule has 10 heavy (non-hydrogen) atoms. The minimum Gasteiger partial charge on any atom is -0.296 e. The Hall–Kier alpha value is -0.0400. The maximum atomic E-state index is 2.59. The Morgan fingerprint density at radius 2 is 1.90 bits per heavy atom. The average molecular weight is 141 g/mol. The lowest BCUT2D eigenvalue weighted by molar-refractivity contribution is 0.156. The lowest BCUT2D eigenvalue weighted by Gasteiger charge is -2.31. The van der Waals surface area contributed by atoms with E-state index >= 15 is 0 Å². The van der Waals surface area contributed by atoms with Gasteiger partial charge >= 0.3 is 0 Å². The molecule has 0 aromatic rings. The molecule has 0 bridgehead atoms. The number of hydrogen-bond acceptors (Lipinski definition) is 1. The van der Waals surface area contributed by atoms with Gasteiger partial charge in [0.1, 0.15) is 0 Å². The normalized spacial score (nSPS) is 22.2. The first-order chi connectivity index (χ1) is 4.60. The van der Waals surface area contributed by atoms with Gasteiger partial charge in [-0.25, -0.2) is 0 Å². The molecular weight excluding hydrogens is 122 g/mol. The minimum atomic E-state index is 0.572. The smallest absolute Gasteiger partial charge is 0.0185 e. The van der Waals surface area contributed by atoms with Crippen LogP contribution in [-0.2, 0) is 0 Å². The van der Waals surface area contributed by atoms with Crippen molar-refractivity contribution in [1.29, 1.82) is 0 Å². The van der Waals surface area contributed by atoms with E-state index in [4.69, 9.17) is 0 Å². The molecule has 0 aromatic heterocycles. The molecule has 1 saturated carbocycles. The fraction of sp³-hybridized carbons (Fsp3) is 1.00. The molecule has 0 aromatic carbocycles. The van der Waals surface area contributed by atoms with Crippen molar-refractivity contribution in [1.82, 2.24) is 4.90 Å². The van der Waals surface area contributed by atoms with Crippen molar-refractivity contribution >= 4 is 0 Å². The van der Waals surface area contributed by atoms with Crippen LogP contribution in [-0.4, -0.2) is 23.0 Å². The molecule has 1 aliphatic carbocycles. The van der Waals surface area contributed by atoms with Gasteiger partial charge in [0.15, 0.2) is 0 Å². The highest BCUT2D eigenvalue weighted by molar-refractivity contribution is 5.00. The monoisotopic (exact) mass is 141 g/mol. The molecule has 0 aliphatic heterocycles. The minimum absolute atomic E-state index is 0.572. The molecule has 0 atom stereocenters. The van der Waals surface area contributed by atoms with E-state index in [-0.39, 0.29) is 0 Å². The van der Waals surface area contributed by atoms with Gasteiger partial charge in [-0.05, 0) is 40.2 Å². The highest BCUT2D eigenvalue weighted by atomic mass is 15.2. The van der Waals surface area contributed by atoms with Crippen LogP contribution >= 0.6 is 0 Å². The second kappa shape index (κ2) is 2.54. The fourth-order valence-corrected chi connectivity index (χ4v) is 1.84. The Morgan fingerprint density at radius 3 is 2.00 bits per heavy atom. The predicted molar refractivity (Wildman–Crippen MR) is 45.2 cm³/mol. The molecule has 0 saturated heterocycles. The van der Waals surface area contributed by atoms with Gasteiger partial charge in [-0.2, -0.15) is 0 Å². The topological polar surface area (TPSA) is 3.24 Å². The molecule has 60 valence electrons. The lowest BCUT2D eigenvalue weighted by Crippen LogP contribution is -2.40. The highest BCUT2D eigenvalue weighted by Gasteiger charge is 2.43. The van der Waals surface area contributed by atoms with Gasteiger partial charge in [0, 0.05) is 11.6 Å². The third-order valence-electron chi connectivity index (χ3n) is 2.63. The quantitative estimate of drug-likeness (QED) is 0.583. The molecule has 0 N–H and O–H groups in total. The van der Waals surface area contributed by atoms with Gasteiger partial charge < -0.3 is 0 Å². The van der Waals surface area contributed by atoms with E-state index in [1.165, 1.54) is 19.4 Å². The van der Waals surface area contributed by atoms with E-state index < -0.39 is 0 Å². The van der Waals surface area contributed by atoms with E-state index in [9.17, 15) is 0 Å². The Balaban J connectivity index is 2.48. The summed E-state index contributed by atoms with van der Waals surface area (Å²) < 4.78 is 0. The third kappa shape index (κ3) is 1.34. The summed E-state index contributed by atoms with van der Waals surface area (Å²) in [6.07, 6.45) is 2.80. The Bertz CT molecular complexity index is 114. The number of hydrogen-bond donors (Lipinski definition) is 0. The first-order valence-electron chi connectivity index (χ1n) is 4.37. The second-order valence-electron chi connectivity index (χ2n) is 3.88. The van der Waals surface area contributed by atoms with Crippen molar-refractivity contribution in [2.75, 3.05) is 6.54 Å². The molecule has 0 spiro atoms. The third-order valence-corrected chi connectivity index (χ3v) is 2.63. The Labute approximate surface area is 64.4 Å². The van der Waals surface area contributed by atoms with E-state index in [2.05, 4.69) is 32.6 Å². The van der Waals surface area contributed by atoms with Crippen LogP contribution in [0, 0.1) is 0 Å². The standard InChI is InChI=1S/C9H19N/c1-5-10(8(2)3)9(4)6-7-9/h8H,5-7H2,1-4H3. The van der Waals surface area contributed by atoms with Crippen LogP contribution in [0.1, 0.15) is 40.5 Å². The van der Waals surface area contributed by atoms with Crippen molar-refractivity contribution in [3.05, 3.63) is 0 Å². The van der Waals surface area contributed by atoms with Crippen LogP contribution < -0.4 is 0 Å². The van der Waals surface area contributed by atoms with Crippen LogP contribution in [0.4, 0.5) is 0 Å². The molecule has 1 fully saturated rings. The summed E-state index contributed by atoms with van der Waals surface area (Å²) in [6.45, 7) is 10.4. The second-order valence-corrected chi connectivity index (χ2v) is 3.88. The summed E-state index contributed by atoms with van der Waals surface area (Å²) in [5.74, 6) is 0. The van der Waals surface area contributed by atoms with Gasteiger partial charge in [-0.1, -0.05) is 6.92 Å². The fourth-order valence-electron chi connectivity index (χ4n) is 1.84. The number of nitrogens with zero attached hydrogens (tertiary/aromatic N) is 1. The van der Waals surface area contributed by atoms with Gasteiger partial charge in [0.25, 0.3) is 0 Å². The van der Waals surface area contributed by atoms with Gasteiger partial charge in [-0.3, -0.25) is 4.90 Å². The predicted octanol–water partition coefficient (Wildman–Crippen LogP) is 2.27. The van der Waals surface area contributed by atoms with Gasteiger partial charge in [0.05, 0.1) is 0 Å². The van der Waals surface area contributed by atoms with Crippen LogP contribution in [0.25, 0.3) is 0 Å². The average Bonchev–Trinajstić information content (AvgIpc) is 2.49. The summed E-state index contributed by atoms with van der Waals surface area (Å²) in [5.41, 5.74) is 0.572. The molecule has 1 aliphatic rings. The zero-order chi connectivity index (χ0) is 7.78. The summed E-state index contributed by atoms with van der Waals surface area (Å²) in [7, 11) is 0. The largest absolute Gasteiger partial charge is 0.296 e. The van der Waals surface area contributed by atoms with E-state index in [1.54, 1.807) is 0 Å². The molecule has 0 radical (unpaired) electrons. The summed E-state index contributed by atoms with van der Waals surface area (Å²) in [4.78, 5) is 2.59. The highest BCUT2D eigenvalue weighted by Crippen LogP contribution is 2.41. The molecule has 1 heteroatoms. The molecular formula is C9H19N. The van der Waals surface area contributed by atoms with Crippen LogP contribution in [0.2, 0.25) is 0 Å². The first-order valence-corrected chi connectivity index (χ1v) is 4.37. The SMILES string of the molecule is CCN(C(C)C)C1(C)CC1. The Morgan fingerprint density at radius 1 is 1.40 bits per heavy atom. The van der Waals surface area contributed by atoms with E-state index in [0.717, 1.165) is 6.04 Å². The molecule has 0 unspecified atom stereocenters. The zero-order valence-electron chi connectivity index (χ0n) is 7.65. The van der Waals surface area contributed by atoms with Crippen LogP contribution in [0.5, 0.6) is 0 Å². The van der Waals surface area contributed by atoms with Crippen molar-refractivity contribution in [3.63, 3.8) is 0 Å². The molecule has 1 rings (SSSR count). The van der Waals surface area contributed by atoms with Crippen molar-refractivity contribution in [2.45, 2.75) is 52.1 Å². The summed E-state index contributed by atoms with van der Waals surface area (Å²) in [5, 5.41) is 0. The first kappa shape index (κ1) is 8.06. The maximum Gasteiger partial charge on any atom is 0.0185 e. The molecule has 0 amide bonds. The summed E-state index contributed by atoms with van der Waals surface area (Å²) >= 11 is 0. The van der Waals surface area contributed by atoms with Gasteiger partial charge in [0.2, 0.25) is 0 Å². The van der Waals surface area contributed by atoms with E-state index in [1.807, 2.05) is 0 Å². The zero-order valence-corrected chi connectivity index (χ0v) is 7.65. The Kier molecular flexibility index (Phi) is 2.04. The molecule has 1 nitrogen and oxygen atoms in total. The summed E-state index contributed by atoms with van der Waals surface area (Å²) in [6, 6.07) is 0.720. The van der Waals surface area contributed by atoms with Crippen LogP contribution in [0.15, 0.2) is 0 Å². The van der Waals surface area contributed by atoms with Crippen molar-refractivity contribution in [2.24, 2.45) is 0 Å². The maximum absolute atomic E-state index is 2.59. The van der Waals surface area contributed by atoms with Gasteiger partial charge in [-0.15, -0.1) is 0 Å². The van der Waals surface area contributed by atoms with Crippen LogP contribution in [0.3, 0.4) is 0 Å². The van der Waals surface area contributed by atoms with Crippen molar-refractivity contribution in [3.8, 4) is 0 Å². The van der Waals surface area contributed by atoms with Crippen molar-refractivity contribution < 1.29 is 0 Å². The number of rotatable bonds is 3. The van der Waals surface area contributed by atoms with E-state index in [0.29, 0.717) is 5.54 Å². The lowest BCUT2D eigenvalue weighted by atomic mass is 10.2.